The fraction of sp³-hybridized carbons (Fsp3) is 0.333. The number of imidazole rings is 1. The van der Waals surface area contributed by atoms with Crippen LogP contribution in [-0.4, -0.2) is 15.9 Å². The molecule has 1 fully saturated rings. The van der Waals surface area contributed by atoms with Gasteiger partial charge >= 0.3 is 0 Å². The highest BCUT2D eigenvalue weighted by molar-refractivity contribution is 5.92. The molecule has 5 heteroatoms. The molecule has 4 nitrogen and oxygen atoms in total. The summed E-state index contributed by atoms with van der Waals surface area (Å²) in [6, 6.07) is 6.67. The van der Waals surface area contributed by atoms with E-state index in [9.17, 15) is 9.18 Å². The molecule has 0 atom stereocenters. The van der Waals surface area contributed by atoms with Crippen molar-refractivity contribution in [2.24, 2.45) is 0 Å². The van der Waals surface area contributed by atoms with Crippen molar-refractivity contribution in [1.29, 1.82) is 0 Å². The zero-order valence-electron chi connectivity index (χ0n) is 11.0. The lowest BCUT2D eigenvalue weighted by molar-refractivity contribution is 0.0892. The molecule has 0 unspecified atom stereocenters. The Balaban J connectivity index is 1.93. The molecule has 0 bridgehead atoms. The van der Waals surface area contributed by atoms with E-state index in [2.05, 4.69) is 15.3 Å². The summed E-state index contributed by atoms with van der Waals surface area (Å²) in [7, 11) is 0. The molecule has 104 valence electrons. The van der Waals surface area contributed by atoms with E-state index < -0.39 is 5.54 Å². The number of halogens is 1. The van der Waals surface area contributed by atoms with Crippen LogP contribution in [0.25, 0.3) is 0 Å². The van der Waals surface area contributed by atoms with E-state index >= 15 is 0 Å². The van der Waals surface area contributed by atoms with Crippen LogP contribution in [0.5, 0.6) is 0 Å². The van der Waals surface area contributed by atoms with Gasteiger partial charge < -0.3 is 10.3 Å². The summed E-state index contributed by atoms with van der Waals surface area (Å²) in [6.45, 7) is 0. The predicted octanol–water partition coefficient (Wildman–Crippen LogP) is 2.75. The summed E-state index contributed by atoms with van der Waals surface area (Å²) in [6.07, 6.45) is 6.41. The number of H-pyrrole nitrogens is 1. The third-order valence-electron chi connectivity index (χ3n) is 3.94. The van der Waals surface area contributed by atoms with Gasteiger partial charge in [-0.25, -0.2) is 9.37 Å². The van der Waals surface area contributed by atoms with Crippen molar-refractivity contribution in [1.82, 2.24) is 15.3 Å². The molecule has 1 amide bonds. The molecule has 0 radical (unpaired) electrons. The molecule has 1 heterocycles. The highest BCUT2D eigenvalue weighted by atomic mass is 19.1. The monoisotopic (exact) mass is 273 g/mol. The first-order valence-corrected chi connectivity index (χ1v) is 6.77. The third-order valence-corrected chi connectivity index (χ3v) is 3.94. The molecular formula is C15H16FN3O. The molecule has 2 aromatic rings. The minimum atomic E-state index is -0.604. The normalized spacial score (nSPS) is 17.1. The lowest BCUT2D eigenvalue weighted by Crippen LogP contribution is -2.44. The highest BCUT2D eigenvalue weighted by Gasteiger charge is 2.39. The second-order valence-electron chi connectivity index (χ2n) is 5.19. The van der Waals surface area contributed by atoms with E-state index in [0.717, 1.165) is 25.7 Å². The van der Waals surface area contributed by atoms with Gasteiger partial charge in [0.1, 0.15) is 11.5 Å². The van der Waals surface area contributed by atoms with Gasteiger partial charge in [0.05, 0.1) is 18.1 Å². The molecule has 0 saturated heterocycles. The van der Waals surface area contributed by atoms with Crippen LogP contribution in [0.1, 0.15) is 41.7 Å². The van der Waals surface area contributed by atoms with Gasteiger partial charge in [-0.3, -0.25) is 4.79 Å². The maximum absolute atomic E-state index is 14.1. The second kappa shape index (κ2) is 5.07. The van der Waals surface area contributed by atoms with Crippen LogP contribution in [0.15, 0.2) is 36.8 Å². The minimum absolute atomic E-state index is 0.243. The fourth-order valence-corrected chi connectivity index (χ4v) is 2.95. The molecule has 3 rings (SSSR count). The Morgan fingerprint density at radius 1 is 1.30 bits per heavy atom. The van der Waals surface area contributed by atoms with Gasteiger partial charge in [0.2, 0.25) is 0 Å². The number of carbonyl (C=O) groups excluding carboxylic acids is 1. The van der Waals surface area contributed by atoms with E-state index in [1.54, 1.807) is 18.2 Å². The molecule has 1 aromatic heterocycles. The van der Waals surface area contributed by atoms with Crippen molar-refractivity contribution < 1.29 is 9.18 Å². The summed E-state index contributed by atoms with van der Waals surface area (Å²) in [5.41, 5.74) is 0.367. The van der Waals surface area contributed by atoms with E-state index in [-0.39, 0.29) is 11.7 Å². The predicted molar refractivity (Wildman–Crippen MR) is 72.6 cm³/mol. The Labute approximate surface area is 116 Å². The maximum Gasteiger partial charge on any atom is 0.270 e. The highest BCUT2D eigenvalue weighted by Crippen LogP contribution is 2.39. The quantitative estimate of drug-likeness (QED) is 0.903. The molecular weight excluding hydrogens is 257 g/mol. The van der Waals surface area contributed by atoms with Crippen molar-refractivity contribution in [3.63, 3.8) is 0 Å². The van der Waals surface area contributed by atoms with Crippen molar-refractivity contribution in [3.8, 4) is 0 Å². The Morgan fingerprint density at radius 3 is 2.70 bits per heavy atom. The standard InChI is InChI=1S/C15H16FN3O/c16-12-6-2-1-5-11(12)15(7-3-4-8-15)19-14(20)13-9-17-10-18-13/h1-2,5-6,9-10H,3-4,7-8H2,(H,17,18)(H,19,20). The Bertz CT molecular complexity index is 603. The first-order valence-electron chi connectivity index (χ1n) is 6.77. The van der Waals surface area contributed by atoms with E-state index in [1.807, 2.05) is 0 Å². The lowest BCUT2D eigenvalue weighted by Gasteiger charge is -2.31. The maximum atomic E-state index is 14.1. The van der Waals surface area contributed by atoms with Gasteiger partial charge in [0.25, 0.3) is 5.91 Å². The third kappa shape index (κ3) is 2.19. The fourth-order valence-electron chi connectivity index (χ4n) is 2.95. The molecule has 1 aromatic carbocycles. The summed E-state index contributed by atoms with van der Waals surface area (Å²) in [5.74, 6) is -0.507. The molecule has 2 N–H and O–H groups in total. The summed E-state index contributed by atoms with van der Waals surface area (Å²) in [5, 5.41) is 3.00. The van der Waals surface area contributed by atoms with Crippen molar-refractivity contribution in [2.75, 3.05) is 0 Å². The zero-order valence-corrected chi connectivity index (χ0v) is 11.0. The van der Waals surface area contributed by atoms with Gasteiger partial charge in [-0.15, -0.1) is 0 Å². The molecule has 0 aliphatic heterocycles. The Hall–Kier alpha value is -2.17. The number of rotatable bonds is 3. The summed E-state index contributed by atoms with van der Waals surface area (Å²) >= 11 is 0. The van der Waals surface area contributed by atoms with Crippen molar-refractivity contribution in [2.45, 2.75) is 31.2 Å². The number of nitrogens with one attached hydrogen (secondary N) is 2. The topological polar surface area (TPSA) is 57.8 Å². The molecule has 1 saturated carbocycles. The summed E-state index contributed by atoms with van der Waals surface area (Å²) < 4.78 is 14.1. The first-order chi connectivity index (χ1) is 9.71. The zero-order chi connectivity index (χ0) is 14.0. The smallest absolute Gasteiger partial charge is 0.270 e. The van der Waals surface area contributed by atoms with Crippen LogP contribution in [-0.2, 0) is 5.54 Å². The summed E-state index contributed by atoms with van der Waals surface area (Å²) in [4.78, 5) is 18.9. The number of aromatic amines is 1. The van der Waals surface area contributed by atoms with Gasteiger partial charge in [-0.05, 0) is 18.9 Å². The molecule has 1 aliphatic rings. The number of hydrogen-bond donors (Lipinski definition) is 2. The van der Waals surface area contributed by atoms with Gasteiger partial charge in [-0.2, -0.15) is 0 Å². The largest absolute Gasteiger partial charge is 0.341 e. The van der Waals surface area contributed by atoms with Crippen LogP contribution >= 0.6 is 0 Å². The molecule has 20 heavy (non-hydrogen) atoms. The van der Waals surface area contributed by atoms with Crippen LogP contribution < -0.4 is 5.32 Å². The average molecular weight is 273 g/mol. The lowest BCUT2D eigenvalue weighted by atomic mass is 9.87. The van der Waals surface area contributed by atoms with Gasteiger partial charge in [0.15, 0.2) is 0 Å². The van der Waals surface area contributed by atoms with E-state index in [1.165, 1.54) is 18.6 Å². The number of aromatic nitrogens is 2. The van der Waals surface area contributed by atoms with E-state index in [4.69, 9.17) is 0 Å². The van der Waals surface area contributed by atoms with Crippen LogP contribution in [0.2, 0.25) is 0 Å². The number of hydrogen-bond acceptors (Lipinski definition) is 2. The SMILES string of the molecule is O=C(NC1(c2ccccc2F)CCCC1)c1cnc[nH]1. The average Bonchev–Trinajstić information content (AvgIpc) is 3.10. The van der Waals surface area contributed by atoms with Gasteiger partial charge in [-0.1, -0.05) is 31.0 Å². The van der Waals surface area contributed by atoms with Crippen LogP contribution in [0, 0.1) is 5.82 Å². The first kappa shape index (κ1) is 12.8. The van der Waals surface area contributed by atoms with Crippen molar-refractivity contribution in [3.05, 3.63) is 53.9 Å². The Kier molecular flexibility index (Phi) is 3.26. The number of benzene rings is 1. The number of nitrogens with zero attached hydrogens (tertiary/aromatic N) is 1. The molecule has 1 aliphatic carbocycles. The molecule has 0 spiro atoms. The van der Waals surface area contributed by atoms with Crippen LogP contribution in [0.4, 0.5) is 4.39 Å². The second-order valence-corrected chi connectivity index (χ2v) is 5.19. The number of carbonyl (C=O) groups is 1. The van der Waals surface area contributed by atoms with Crippen molar-refractivity contribution >= 4 is 5.91 Å². The minimum Gasteiger partial charge on any atom is -0.341 e. The van der Waals surface area contributed by atoms with Gasteiger partial charge in [0, 0.05) is 5.56 Å². The van der Waals surface area contributed by atoms with Crippen LogP contribution in [0.3, 0.4) is 0 Å². The van der Waals surface area contributed by atoms with E-state index in [0.29, 0.717) is 11.3 Å². The Morgan fingerprint density at radius 2 is 2.05 bits per heavy atom. The number of amides is 1.